The highest BCUT2D eigenvalue weighted by atomic mass is 19.3. The Morgan fingerprint density at radius 1 is 1.14 bits per heavy atom. The van der Waals surface area contributed by atoms with Gasteiger partial charge in [0, 0.05) is 12.3 Å². The van der Waals surface area contributed by atoms with Gasteiger partial charge in [-0.2, -0.15) is 0 Å². The number of unbranched alkanes of at least 4 members (excludes halogenated alkanes) is 1. The second kappa shape index (κ2) is 7.24. The Kier molecular flexibility index (Phi) is 5.60. The molecule has 1 saturated carbocycles. The number of ether oxygens (including phenoxy) is 1. The Hall–Kier alpha value is -1.12. The quantitative estimate of drug-likeness (QED) is 0.645. The minimum atomic E-state index is -2.58. The van der Waals surface area contributed by atoms with E-state index in [1.807, 2.05) is 6.92 Å². The van der Waals surface area contributed by atoms with Gasteiger partial charge in [-0.1, -0.05) is 38.3 Å². The summed E-state index contributed by atoms with van der Waals surface area (Å²) in [6.07, 6.45) is 4.66. The lowest BCUT2D eigenvalue weighted by atomic mass is 9.74. The number of benzene rings is 1. The van der Waals surface area contributed by atoms with Gasteiger partial charge in [-0.3, -0.25) is 0 Å². The van der Waals surface area contributed by atoms with E-state index in [0.29, 0.717) is 13.0 Å². The van der Waals surface area contributed by atoms with E-state index in [4.69, 9.17) is 4.74 Å². The third-order valence-electron chi connectivity index (χ3n) is 4.49. The van der Waals surface area contributed by atoms with Crippen molar-refractivity contribution in [1.82, 2.24) is 0 Å². The zero-order valence-electron chi connectivity index (χ0n) is 13.1. The molecule has 0 bridgehead atoms. The second-order valence-electron chi connectivity index (χ2n) is 6.11. The Morgan fingerprint density at radius 3 is 2.43 bits per heavy atom. The van der Waals surface area contributed by atoms with Gasteiger partial charge >= 0.3 is 0 Å². The summed E-state index contributed by atoms with van der Waals surface area (Å²) in [6.45, 7) is 4.63. The lowest BCUT2D eigenvalue weighted by Gasteiger charge is -2.36. The van der Waals surface area contributed by atoms with Crippen LogP contribution in [0.15, 0.2) is 24.3 Å². The van der Waals surface area contributed by atoms with Crippen LogP contribution in [0.4, 0.5) is 8.78 Å². The molecule has 0 saturated heterocycles. The summed E-state index contributed by atoms with van der Waals surface area (Å²) in [4.78, 5) is 0. The van der Waals surface area contributed by atoms with Crippen molar-refractivity contribution in [2.45, 2.75) is 64.2 Å². The van der Waals surface area contributed by atoms with Crippen LogP contribution in [0.25, 0.3) is 0 Å². The highest BCUT2D eigenvalue weighted by Gasteiger charge is 2.45. The smallest absolute Gasteiger partial charge is 0.255 e. The van der Waals surface area contributed by atoms with Crippen molar-refractivity contribution in [3.8, 4) is 5.75 Å². The molecule has 1 nitrogen and oxygen atoms in total. The first-order valence-electron chi connectivity index (χ1n) is 8.17. The second-order valence-corrected chi connectivity index (χ2v) is 6.11. The first kappa shape index (κ1) is 16.3. The van der Waals surface area contributed by atoms with Gasteiger partial charge in [0.1, 0.15) is 5.75 Å². The van der Waals surface area contributed by atoms with Gasteiger partial charge in [0.15, 0.2) is 0 Å². The maximum Gasteiger partial charge on any atom is 0.255 e. The Bertz CT molecular complexity index is 427. The average Bonchev–Trinajstić information content (AvgIpc) is 2.46. The summed E-state index contributed by atoms with van der Waals surface area (Å²) in [5.41, 5.74) is 0.748. The van der Waals surface area contributed by atoms with Crippen LogP contribution in [0, 0.1) is 5.92 Å². The molecule has 0 spiro atoms. The molecule has 0 heterocycles. The lowest BCUT2D eigenvalue weighted by molar-refractivity contribution is -0.0737. The van der Waals surface area contributed by atoms with Crippen molar-refractivity contribution in [3.63, 3.8) is 0 Å². The molecular formula is C18H26F2O. The molecule has 1 aromatic rings. The topological polar surface area (TPSA) is 9.23 Å². The molecular weight excluding hydrogens is 270 g/mol. The fourth-order valence-corrected chi connectivity index (χ4v) is 3.36. The average molecular weight is 296 g/mol. The van der Waals surface area contributed by atoms with Crippen LogP contribution in [0.1, 0.15) is 63.9 Å². The molecule has 2 unspecified atom stereocenters. The van der Waals surface area contributed by atoms with Crippen LogP contribution in [0.2, 0.25) is 0 Å². The molecule has 0 radical (unpaired) electrons. The molecule has 118 valence electrons. The van der Waals surface area contributed by atoms with E-state index in [-0.39, 0.29) is 12.3 Å². The van der Waals surface area contributed by atoms with Crippen LogP contribution in [0.3, 0.4) is 0 Å². The SMILES string of the molecule is CCCCC1CCC(c2ccc(OCC)cc2)C(F)(F)C1. The molecule has 3 heteroatoms. The molecule has 1 aromatic carbocycles. The van der Waals surface area contributed by atoms with Gasteiger partial charge in [0.25, 0.3) is 5.92 Å². The Balaban J connectivity index is 2.03. The normalized spacial score (nSPS) is 24.8. The summed E-state index contributed by atoms with van der Waals surface area (Å²) in [5, 5.41) is 0. The summed E-state index contributed by atoms with van der Waals surface area (Å²) >= 11 is 0. The molecule has 0 N–H and O–H groups in total. The largest absolute Gasteiger partial charge is 0.494 e. The van der Waals surface area contributed by atoms with E-state index in [2.05, 4.69) is 6.92 Å². The van der Waals surface area contributed by atoms with Crippen LogP contribution >= 0.6 is 0 Å². The van der Waals surface area contributed by atoms with E-state index in [1.165, 1.54) is 0 Å². The molecule has 0 aliphatic heterocycles. The minimum Gasteiger partial charge on any atom is -0.494 e. The monoisotopic (exact) mass is 296 g/mol. The third-order valence-corrected chi connectivity index (χ3v) is 4.49. The van der Waals surface area contributed by atoms with E-state index >= 15 is 0 Å². The fourth-order valence-electron chi connectivity index (χ4n) is 3.36. The highest BCUT2D eigenvalue weighted by molar-refractivity contribution is 5.31. The van der Waals surface area contributed by atoms with Gasteiger partial charge in [0.2, 0.25) is 0 Å². The molecule has 0 aromatic heterocycles. The number of hydrogen-bond acceptors (Lipinski definition) is 1. The van der Waals surface area contributed by atoms with Crippen molar-refractivity contribution in [2.75, 3.05) is 6.61 Å². The molecule has 0 amide bonds. The fraction of sp³-hybridized carbons (Fsp3) is 0.667. The summed E-state index contributed by atoms with van der Waals surface area (Å²) in [5.74, 6) is -2.27. The summed E-state index contributed by atoms with van der Waals surface area (Å²) in [7, 11) is 0. The van der Waals surface area contributed by atoms with E-state index in [1.54, 1.807) is 24.3 Å². The molecule has 21 heavy (non-hydrogen) atoms. The first-order valence-corrected chi connectivity index (χ1v) is 8.17. The molecule has 2 atom stereocenters. The van der Waals surface area contributed by atoms with Gasteiger partial charge in [-0.25, -0.2) is 8.78 Å². The van der Waals surface area contributed by atoms with E-state index < -0.39 is 11.8 Å². The van der Waals surface area contributed by atoms with E-state index in [9.17, 15) is 8.78 Å². The summed E-state index contributed by atoms with van der Waals surface area (Å²) < 4.78 is 34.3. The van der Waals surface area contributed by atoms with Crippen molar-refractivity contribution in [2.24, 2.45) is 5.92 Å². The van der Waals surface area contributed by atoms with Crippen molar-refractivity contribution < 1.29 is 13.5 Å². The summed E-state index contributed by atoms with van der Waals surface area (Å²) in [6, 6.07) is 7.21. The van der Waals surface area contributed by atoms with Gasteiger partial charge in [-0.05, 0) is 43.4 Å². The van der Waals surface area contributed by atoms with Crippen molar-refractivity contribution in [1.29, 1.82) is 0 Å². The van der Waals surface area contributed by atoms with Crippen molar-refractivity contribution in [3.05, 3.63) is 29.8 Å². The van der Waals surface area contributed by atoms with Gasteiger partial charge < -0.3 is 4.74 Å². The maximum atomic E-state index is 14.4. The Labute approximate surface area is 126 Å². The Morgan fingerprint density at radius 2 is 1.86 bits per heavy atom. The minimum absolute atomic E-state index is 0.0465. The van der Waals surface area contributed by atoms with Gasteiger partial charge in [0.05, 0.1) is 6.61 Å². The van der Waals surface area contributed by atoms with E-state index in [0.717, 1.165) is 37.0 Å². The maximum absolute atomic E-state index is 14.4. The zero-order chi connectivity index (χ0) is 15.3. The number of rotatable bonds is 6. The number of hydrogen-bond donors (Lipinski definition) is 0. The highest BCUT2D eigenvalue weighted by Crippen LogP contribution is 2.48. The van der Waals surface area contributed by atoms with Crippen LogP contribution in [0.5, 0.6) is 5.75 Å². The van der Waals surface area contributed by atoms with Crippen molar-refractivity contribution >= 4 is 0 Å². The molecule has 1 aliphatic carbocycles. The number of halogens is 2. The van der Waals surface area contributed by atoms with Crippen LogP contribution in [-0.4, -0.2) is 12.5 Å². The predicted octanol–water partition coefficient (Wildman–Crippen LogP) is 5.79. The third kappa shape index (κ3) is 4.18. The molecule has 2 rings (SSSR count). The number of alkyl halides is 2. The van der Waals surface area contributed by atoms with Crippen LogP contribution in [-0.2, 0) is 0 Å². The molecule has 1 aliphatic rings. The first-order chi connectivity index (χ1) is 10.1. The molecule has 1 fully saturated rings. The zero-order valence-corrected chi connectivity index (χ0v) is 13.1. The predicted molar refractivity (Wildman–Crippen MR) is 82.2 cm³/mol. The van der Waals surface area contributed by atoms with Gasteiger partial charge in [-0.15, -0.1) is 0 Å². The van der Waals surface area contributed by atoms with Crippen LogP contribution < -0.4 is 4.74 Å². The standard InChI is InChI=1S/C18H26F2O/c1-3-5-6-14-7-12-17(18(19,20)13-14)15-8-10-16(11-9-15)21-4-2/h8-11,14,17H,3-7,12-13H2,1-2H3. The lowest BCUT2D eigenvalue weighted by Crippen LogP contribution is -2.34.